The zero-order valence-corrected chi connectivity index (χ0v) is 29.1. The molecule has 3 aromatic rings. The number of sulfonamides is 1. The van der Waals surface area contributed by atoms with Gasteiger partial charge in [0.15, 0.2) is 0 Å². The summed E-state index contributed by atoms with van der Waals surface area (Å²) in [6.07, 6.45) is 1.45. The summed E-state index contributed by atoms with van der Waals surface area (Å²) in [6.45, 7) is 5.91. The van der Waals surface area contributed by atoms with Crippen LogP contribution in [-0.2, 0) is 14.8 Å². The number of carbonyl (C=O) groups is 2. The molecule has 0 saturated heterocycles. The van der Waals surface area contributed by atoms with Crippen LogP contribution in [0.15, 0.2) is 77.7 Å². The number of ether oxygens (including phenoxy) is 3. The largest absolute Gasteiger partial charge is 0.497 e. The Hall–Kier alpha value is -3.97. The number of nitrogens with one attached hydrogen (secondary N) is 1. The summed E-state index contributed by atoms with van der Waals surface area (Å²) in [4.78, 5) is 29.0. The monoisotopic (exact) mass is 681 g/mol. The zero-order chi connectivity index (χ0) is 34.8. The van der Waals surface area contributed by atoms with Gasteiger partial charge in [0.25, 0.3) is 11.8 Å². The Labute approximate surface area is 283 Å². The van der Waals surface area contributed by atoms with E-state index in [0.29, 0.717) is 35.8 Å². The molecule has 0 radical (unpaired) electrons. The SMILES string of the molecule is COc1ccc(S(=O)(=O)N(C)C[C@H]2OCCCC[C@@H](C)Oc3ccc(NC(=O)c4ccccc4)cc3C(=O)N([C@@H](C)CO)C[C@@H]2C)cc1. The minimum absolute atomic E-state index is 0.0524. The molecule has 1 heterocycles. The number of fused-ring (bicyclic) bond motifs is 1. The molecule has 4 rings (SSSR count). The van der Waals surface area contributed by atoms with Crippen molar-refractivity contribution in [3.63, 3.8) is 0 Å². The summed E-state index contributed by atoms with van der Waals surface area (Å²) in [6, 6.07) is 19.4. The molecule has 0 spiro atoms. The number of hydrogen-bond acceptors (Lipinski definition) is 8. The number of amides is 2. The molecule has 1 aliphatic rings. The Bertz CT molecular complexity index is 1620. The molecule has 0 saturated carbocycles. The van der Waals surface area contributed by atoms with E-state index < -0.39 is 28.1 Å². The number of aliphatic hydroxyl groups is 1. The van der Waals surface area contributed by atoms with Crippen LogP contribution in [0.25, 0.3) is 0 Å². The van der Waals surface area contributed by atoms with Crippen molar-refractivity contribution in [2.24, 2.45) is 5.92 Å². The van der Waals surface area contributed by atoms with E-state index >= 15 is 0 Å². The van der Waals surface area contributed by atoms with Crippen LogP contribution < -0.4 is 14.8 Å². The molecule has 48 heavy (non-hydrogen) atoms. The summed E-state index contributed by atoms with van der Waals surface area (Å²) in [5, 5.41) is 13.1. The van der Waals surface area contributed by atoms with E-state index in [0.717, 1.165) is 12.8 Å². The number of carbonyl (C=O) groups excluding carboxylic acids is 2. The smallest absolute Gasteiger partial charge is 0.258 e. The second kappa shape index (κ2) is 16.9. The molecule has 0 bridgehead atoms. The lowest BCUT2D eigenvalue weighted by Gasteiger charge is -2.35. The molecule has 0 fully saturated rings. The molecule has 0 aromatic heterocycles. The molecule has 0 aliphatic carbocycles. The average Bonchev–Trinajstić information content (AvgIpc) is 3.09. The number of benzene rings is 3. The molecule has 260 valence electrons. The van der Waals surface area contributed by atoms with Gasteiger partial charge in [-0.05, 0) is 87.7 Å². The summed E-state index contributed by atoms with van der Waals surface area (Å²) in [7, 11) is -0.818. The molecule has 1 aliphatic heterocycles. The average molecular weight is 682 g/mol. The maximum absolute atomic E-state index is 14.4. The maximum atomic E-state index is 14.4. The van der Waals surface area contributed by atoms with Crippen LogP contribution in [0.3, 0.4) is 0 Å². The molecule has 0 unspecified atom stereocenters. The van der Waals surface area contributed by atoms with Gasteiger partial charge in [0, 0.05) is 43.9 Å². The minimum Gasteiger partial charge on any atom is -0.497 e. The van der Waals surface area contributed by atoms with Crippen LogP contribution in [0, 0.1) is 5.92 Å². The number of anilines is 1. The first-order chi connectivity index (χ1) is 22.9. The normalized spacial score (nSPS) is 20.3. The fourth-order valence-corrected chi connectivity index (χ4v) is 6.72. The van der Waals surface area contributed by atoms with Gasteiger partial charge >= 0.3 is 0 Å². The fourth-order valence-electron chi connectivity index (χ4n) is 5.53. The minimum atomic E-state index is -3.85. The maximum Gasteiger partial charge on any atom is 0.258 e. The lowest BCUT2D eigenvalue weighted by atomic mass is 10.0. The number of rotatable bonds is 9. The van der Waals surface area contributed by atoms with E-state index in [1.54, 1.807) is 66.4 Å². The summed E-state index contributed by atoms with van der Waals surface area (Å²) in [5.41, 5.74) is 1.14. The van der Waals surface area contributed by atoms with Crippen molar-refractivity contribution in [2.45, 2.75) is 63.2 Å². The van der Waals surface area contributed by atoms with Crippen molar-refractivity contribution >= 4 is 27.5 Å². The van der Waals surface area contributed by atoms with Gasteiger partial charge in [0.05, 0.1) is 42.4 Å². The summed E-state index contributed by atoms with van der Waals surface area (Å²) < 4.78 is 46.1. The number of aliphatic hydroxyl groups excluding tert-OH is 1. The van der Waals surface area contributed by atoms with Crippen LogP contribution in [0.2, 0.25) is 0 Å². The molecule has 4 atom stereocenters. The van der Waals surface area contributed by atoms with Crippen molar-refractivity contribution < 1.29 is 37.3 Å². The van der Waals surface area contributed by atoms with Gasteiger partial charge in [-0.25, -0.2) is 8.42 Å². The van der Waals surface area contributed by atoms with Crippen molar-refractivity contribution in [1.82, 2.24) is 9.21 Å². The molecule has 3 aromatic carbocycles. The first-order valence-corrected chi connectivity index (χ1v) is 17.7. The number of likely N-dealkylation sites (N-methyl/N-ethyl adjacent to an activating group) is 1. The van der Waals surface area contributed by atoms with Gasteiger partial charge in [-0.15, -0.1) is 0 Å². The van der Waals surface area contributed by atoms with Gasteiger partial charge in [-0.1, -0.05) is 25.1 Å². The lowest BCUT2D eigenvalue weighted by molar-refractivity contribution is -0.00834. The van der Waals surface area contributed by atoms with Gasteiger partial charge in [0.2, 0.25) is 10.0 Å². The second-order valence-corrected chi connectivity index (χ2v) is 14.3. The molecule has 2 amide bonds. The summed E-state index contributed by atoms with van der Waals surface area (Å²) in [5.74, 6) is -0.112. The Balaban J connectivity index is 1.64. The molecule has 11 nitrogen and oxygen atoms in total. The third-order valence-electron chi connectivity index (χ3n) is 8.55. The highest BCUT2D eigenvalue weighted by molar-refractivity contribution is 7.89. The van der Waals surface area contributed by atoms with Crippen molar-refractivity contribution in [1.29, 1.82) is 0 Å². The fraction of sp³-hybridized carbons (Fsp3) is 0.444. The Morgan fingerprint density at radius 1 is 1.08 bits per heavy atom. The van der Waals surface area contributed by atoms with Gasteiger partial charge < -0.3 is 29.5 Å². The Morgan fingerprint density at radius 2 is 1.79 bits per heavy atom. The lowest BCUT2D eigenvalue weighted by Crippen LogP contribution is -2.48. The van der Waals surface area contributed by atoms with Gasteiger partial charge in [-0.2, -0.15) is 4.31 Å². The second-order valence-electron chi connectivity index (χ2n) is 12.3. The molecular weight excluding hydrogens is 634 g/mol. The zero-order valence-electron chi connectivity index (χ0n) is 28.3. The number of nitrogens with zero attached hydrogens (tertiary/aromatic N) is 2. The van der Waals surface area contributed by atoms with E-state index in [4.69, 9.17) is 14.2 Å². The van der Waals surface area contributed by atoms with Crippen molar-refractivity contribution in [3.8, 4) is 11.5 Å². The third kappa shape index (κ3) is 9.34. The number of hydrogen-bond donors (Lipinski definition) is 2. The number of methoxy groups -OCH3 is 1. The highest BCUT2D eigenvalue weighted by atomic mass is 32.2. The highest BCUT2D eigenvalue weighted by Gasteiger charge is 2.32. The van der Waals surface area contributed by atoms with Gasteiger partial charge in [-0.3, -0.25) is 9.59 Å². The standard InChI is InChI=1S/C36H47N3O8S/c1-25-22-39(26(2)24-40)36(42)32-21-29(37-35(41)28-12-7-6-8-13-28)14-19-33(32)47-27(3)11-9-10-20-46-34(25)23-38(4)48(43,44)31-17-15-30(45-5)16-18-31/h6-8,12-19,21,25-27,34,40H,9-11,20,22-24H2,1-5H3,(H,37,41)/t25-,26-,27+,34+/m0/s1. The van der Waals surface area contributed by atoms with Crippen LogP contribution in [-0.4, -0.2) is 93.3 Å². The predicted octanol–water partition coefficient (Wildman–Crippen LogP) is 5.06. The van der Waals surface area contributed by atoms with Crippen LogP contribution in [0.1, 0.15) is 60.7 Å². The van der Waals surface area contributed by atoms with E-state index in [1.807, 2.05) is 19.9 Å². The van der Waals surface area contributed by atoms with Crippen LogP contribution >= 0.6 is 0 Å². The topological polar surface area (TPSA) is 135 Å². The Morgan fingerprint density at radius 3 is 2.46 bits per heavy atom. The molecular formula is C36H47N3O8S. The summed E-state index contributed by atoms with van der Waals surface area (Å²) >= 11 is 0. The predicted molar refractivity (Wildman–Crippen MR) is 184 cm³/mol. The first kappa shape index (κ1) is 36.9. The van der Waals surface area contributed by atoms with E-state index in [2.05, 4.69) is 5.32 Å². The third-order valence-corrected chi connectivity index (χ3v) is 10.4. The van der Waals surface area contributed by atoms with E-state index in [-0.39, 0.29) is 48.1 Å². The van der Waals surface area contributed by atoms with E-state index in [1.165, 1.54) is 30.6 Å². The van der Waals surface area contributed by atoms with Crippen molar-refractivity contribution in [2.75, 3.05) is 45.8 Å². The molecule has 12 heteroatoms. The van der Waals surface area contributed by atoms with Gasteiger partial charge in [0.1, 0.15) is 11.5 Å². The van der Waals surface area contributed by atoms with Crippen molar-refractivity contribution in [3.05, 3.63) is 83.9 Å². The first-order valence-electron chi connectivity index (χ1n) is 16.3. The quantitative estimate of drug-likeness (QED) is 0.320. The highest BCUT2D eigenvalue weighted by Crippen LogP contribution is 2.29. The molecule has 2 N–H and O–H groups in total. The van der Waals surface area contributed by atoms with Crippen LogP contribution in [0.5, 0.6) is 11.5 Å². The van der Waals surface area contributed by atoms with Crippen LogP contribution in [0.4, 0.5) is 5.69 Å². The Kier molecular flexibility index (Phi) is 13.0. The van der Waals surface area contributed by atoms with E-state index in [9.17, 15) is 23.1 Å².